The Hall–Kier alpha value is -2.50. The number of carbonyl (C=O) groups is 1. The Morgan fingerprint density at radius 3 is 2.40 bits per heavy atom. The molecule has 0 radical (unpaired) electrons. The quantitative estimate of drug-likeness (QED) is 0.932. The number of nitrogens with zero attached hydrogens (tertiary/aromatic N) is 1. The van der Waals surface area contributed by atoms with Crippen molar-refractivity contribution >= 4 is 5.97 Å². The molecular formula is C14H11F2NO3. The minimum absolute atomic E-state index is 0.0185. The van der Waals surface area contributed by atoms with Crippen LogP contribution in [-0.2, 0) is 13.0 Å². The number of pyridine rings is 1. The number of halogens is 2. The fraction of sp³-hybridized carbons (Fsp3) is 0.143. The van der Waals surface area contributed by atoms with Crippen molar-refractivity contribution < 1.29 is 18.7 Å². The van der Waals surface area contributed by atoms with Crippen molar-refractivity contribution in [3.8, 4) is 0 Å². The van der Waals surface area contributed by atoms with Crippen molar-refractivity contribution in [2.45, 2.75) is 13.0 Å². The number of carboxylic acid groups (broad SMARTS) is 1. The molecule has 0 unspecified atom stereocenters. The number of aryl methyl sites for hydroxylation is 2. The van der Waals surface area contributed by atoms with Crippen LogP contribution in [0.2, 0.25) is 0 Å². The van der Waals surface area contributed by atoms with Gasteiger partial charge in [-0.1, -0.05) is 0 Å². The number of carboxylic acids is 1. The smallest absolute Gasteiger partial charge is 0.337 e. The Labute approximate surface area is 112 Å². The molecule has 1 aromatic carbocycles. The van der Waals surface area contributed by atoms with E-state index >= 15 is 0 Å². The van der Waals surface area contributed by atoms with E-state index in [2.05, 4.69) is 0 Å². The summed E-state index contributed by atoms with van der Waals surface area (Å²) in [5.41, 5.74) is 0.0111. The number of hydrogen-bond acceptors (Lipinski definition) is 2. The largest absolute Gasteiger partial charge is 0.478 e. The molecule has 0 aliphatic carbocycles. The zero-order chi connectivity index (χ0) is 14.7. The highest BCUT2D eigenvalue weighted by molar-refractivity contribution is 5.87. The van der Waals surface area contributed by atoms with Gasteiger partial charge in [-0.05, 0) is 30.2 Å². The Morgan fingerprint density at radius 1 is 1.15 bits per heavy atom. The van der Waals surface area contributed by atoms with Gasteiger partial charge in [0.15, 0.2) is 0 Å². The lowest BCUT2D eigenvalue weighted by atomic mass is 10.1. The molecule has 0 fully saturated rings. The Bertz CT molecular complexity index is 690. The molecule has 104 valence electrons. The number of aromatic carboxylic acids is 1. The Morgan fingerprint density at radius 2 is 1.80 bits per heavy atom. The van der Waals surface area contributed by atoms with E-state index in [0.717, 1.165) is 12.1 Å². The summed E-state index contributed by atoms with van der Waals surface area (Å²) in [6.07, 6.45) is 1.43. The third-order valence-electron chi connectivity index (χ3n) is 2.79. The van der Waals surface area contributed by atoms with Gasteiger partial charge in [0.25, 0.3) is 5.56 Å². The summed E-state index contributed by atoms with van der Waals surface area (Å²) in [5, 5.41) is 8.84. The van der Waals surface area contributed by atoms with Crippen molar-refractivity contribution in [3.05, 3.63) is 69.6 Å². The molecule has 0 aliphatic rings. The molecule has 0 bridgehead atoms. The minimum atomic E-state index is -1.14. The second-order valence-corrected chi connectivity index (χ2v) is 4.28. The van der Waals surface area contributed by atoms with Crippen LogP contribution >= 0.6 is 0 Å². The molecule has 0 atom stereocenters. The molecule has 0 spiro atoms. The predicted molar refractivity (Wildman–Crippen MR) is 67.7 cm³/mol. The Kier molecular flexibility index (Phi) is 3.93. The maximum Gasteiger partial charge on any atom is 0.337 e. The fourth-order valence-electron chi connectivity index (χ4n) is 1.84. The van der Waals surface area contributed by atoms with E-state index in [0.29, 0.717) is 5.56 Å². The van der Waals surface area contributed by atoms with Gasteiger partial charge in [0, 0.05) is 24.9 Å². The third-order valence-corrected chi connectivity index (χ3v) is 2.79. The molecule has 0 saturated heterocycles. The summed E-state index contributed by atoms with van der Waals surface area (Å²) in [6.45, 7) is 0.142. The summed E-state index contributed by atoms with van der Waals surface area (Å²) in [5.74, 6) is -2.52. The van der Waals surface area contributed by atoms with E-state index in [-0.39, 0.29) is 24.1 Å². The number of rotatable bonds is 4. The van der Waals surface area contributed by atoms with Gasteiger partial charge in [0.1, 0.15) is 11.6 Å². The average molecular weight is 279 g/mol. The van der Waals surface area contributed by atoms with E-state index in [9.17, 15) is 18.4 Å². The standard InChI is InChI=1S/C14H11F2NO3/c15-11-5-9(6-12(16)7-11)3-4-17-8-10(14(19)20)1-2-13(17)18/h1-2,5-8H,3-4H2,(H,19,20). The van der Waals surface area contributed by atoms with Crippen molar-refractivity contribution in [3.63, 3.8) is 0 Å². The maximum absolute atomic E-state index is 13.0. The predicted octanol–water partition coefficient (Wildman–Crippen LogP) is 2.07. The molecule has 0 saturated carbocycles. The summed E-state index contributed by atoms with van der Waals surface area (Å²) < 4.78 is 27.2. The van der Waals surface area contributed by atoms with Crippen molar-refractivity contribution in [2.24, 2.45) is 0 Å². The lowest BCUT2D eigenvalue weighted by Crippen LogP contribution is -2.21. The highest BCUT2D eigenvalue weighted by Gasteiger charge is 2.06. The van der Waals surface area contributed by atoms with Gasteiger partial charge in [0.05, 0.1) is 5.56 Å². The van der Waals surface area contributed by atoms with E-state index in [1.54, 1.807) is 0 Å². The number of aromatic nitrogens is 1. The van der Waals surface area contributed by atoms with Crippen LogP contribution in [-0.4, -0.2) is 15.6 Å². The second kappa shape index (κ2) is 5.64. The first-order valence-electron chi connectivity index (χ1n) is 5.84. The van der Waals surface area contributed by atoms with Crippen LogP contribution in [0.1, 0.15) is 15.9 Å². The van der Waals surface area contributed by atoms with Crippen LogP contribution in [0.15, 0.2) is 41.3 Å². The molecule has 2 aromatic rings. The molecule has 1 heterocycles. The van der Waals surface area contributed by atoms with Crippen LogP contribution < -0.4 is 5.56 Å². The lowest BCUT2D eigenvalue weighted by Gasteiger charge is -2.07. The van der Waals surface area contributed by atoms with Crippen LogP contribution in [0.25, 0.3) is 0 Å². The van der Waals surface area contributed by atoms with E-state index in [1.165, 1.54) is 29.0 Å². The first-order valence-corrected chi connectivity index (χ1v) is 5.84. The van der Waals surface area contributed by atoms with Gasteiger partial charge in [0.2, 0.25) is 0 Å². The topological polar surface area (TPSA) is 59.3 Å². The van der Waals surface area contributed by atoms with Crippen LogP contribution in [0.4, 0.5) is 8.78 Å². The third kappa shape index (κ3) is 3.28. The van der Waals surface area contributed by atoms with Crippen LogP contribution in [0.3, 0.4) is 0 Å². The van der Waals surface area contributed by atoms with Gasteiger partial charge >= 0.3 is 5.97 Å². The molecular weight excluding hydrogens is 268 g/mol. The average Bonchev–Trinajstić information content (AvgIpc) is 2.36. The molecule has 0 aliphatic heterocycles. The summed E-state index contributed by atoms with van der Waals surface area (Å²) >= 11 is 0. The van der Waals surface area contributed by atoms with Gasteiger partial charge < -0.3 is 9.67 Å². The summed E-state index contributed by atoms with van der Waals surface area (Å²) in [4.78, 5) is 22.4. The monoisotopic (exact) mass is 279 g/mol. The van der Waals surface area contributed by atoms with E-state index < -0.39 is 17.6 Å². The maximum atomic E-state index is 13.0. The normalized spacial score (nSPS) is 10.5. The Balaban J connectivity index is 2.20. The van der Waals surface area contributed by atoms with Crippen LogP contribution in [0.5, 0.6) is 0 Å². The lowest BCUT2D eigenvalue weighted by molar-refractivity contribution is 0.0696. The summed E-state index contributed by atoms with van der Waals surface area (Å²) in [6, 6.07) is 5.48. The zero-order valence-electron chi connectivity index (χ0n) is 10.3. The van der Waals surface area contributed by atoms with Gasteiger partial charge in [-0.15, -0.1) is 0 Å². The summed E-state index contributed by atoms with van der Waals surface area (Å²) in [7, 11) is 0. The van der Waals surface area contributed by atoms with Crippen molar-refractivity contribution in [1.82, 2.24) is 4.57 Å². The molecule has 6 heteroatoms. The highest BCUT2D eigenvalue weighted by Crippen LogP contribution is 2.09. The van der Waals surface area contributed by atoms with Gasteiger partial charge in [-0.2, -0.15) is 0 Å². The minimum Gasteiger partial charge on any atom is -0.478 e. The molecule has 1 aromatic heterocycles. The molecule has 20 heavy (non-hydrogen) atoms. The van der Waals surface area contributed by atoms with Gasteiger partial charge in [-0.3, -0.25) is 4.79 Å². The highest BCUT2D eigenvalue weighted by atomic mass is 19.1. The molecule has 4 nitrogen and oxygen atoms in total. The molecule has 2 rings (SSSR count). The van der Waals surface area contributed by atoms with E-state index in [1.807, 2.05) is 0 Å². The fourth-order valence-corrected chi connectivity index (χ4v) is 1.84. The number of benzene rings is 1. The van der Waals surface area contributed by atoms with Crippen molar-refractivity contribution in [1.29, 1.82) is 0 Å². The van der Waals surface area contributed by atoms with E-state index in [4.69, 9.17) is 5.11 Å². The number of hydrogen-bond donors (Lipinski definition) is 1. The first-order chi connectivity index (χ1) is 9.45. The first kappa shape index (κ1) is 13.9. The molecule has 0 amide bonds. The van der Waals surface area contributed by atoms with Crippen molar-refractivity contribution in [2.75, 3.05) is 0 Å². The van der Waals surface area contributed by atoms with Gasteiger partial charge in [-0.25, -0.2) is 13.6 Å². The second-order valence-electron chi connectivity index (χ2n) is 4.28. The van der Waals surface area contributed by atoms with Crippen LogP contribution in [0, 0.1) is 11.6 Å². The zero-order valence-corrected chi connectivity index (χ0v) is 10.3. The SMILES string of the molecule is O=C(O)c1ccc(=O)n(CCc2cc(F)cc(F)c2)c1. The molecule has 1 N–H and O–H groups in total.